The number of ether oxygens (including phenoxy) is 2. The van der Waals surface area contributed by atoms with Crippen molar-refractivity contribution >= 4 is 43.5 Å². The molecule has 280 valence electrons. The molecule has 4 N–H and O–H groups in total. The summed E-state index contributed by atoms with van der Waals surface area (Å²) >= 11 is 0. The van der Waals surface area contributed by atoms with Crippen LogP contribution in [-0.2, 0) is 39.7 Å². The van der Waals surface area contributed by atoms with Gasteiger partial charge in [-0.2, -0.15) is 8.61 Å². The lowest BCUT2D eigenvalue weighted by Gasteiger charge is -2.21. The Hall–Kier alpha value is -6.64. The fourth-order valence-corrected chi connectivity index (χ4v) is 8.27. The van der Waals surface area contributed by atoms with Gasteiger partial charge in [0.1, 0.15) is 24.7 Å². The third-order valence-electron chi connectivity index (χ3n) is 8.37. The molecule has 6 aromatic rings. The van der Waals surface area contributed by atoms with Crippen molar-refractivity contribution < 1.29 is 35.9 Å². The zero-order chi connectivity index (χ0) is 39.0. The molecule has 6 rings (SSSR count). The van der Waals surface area contributed by atoms with Crippen LogP contribution in [0.4, 0.5) is 21.0 Å². The summed E-state index contributed by atoms with van der Waals surface area (Å²) in [6, 6.07) is 40.4. The van der Waals surface area contributed by atoms with E-state index in [1.165, 1.54) is 72.8 Å². The van der Waals surface area contributed by atoms with E-state index in [0.29, 0.717) is 39.7 Å². The molecule has 4 amide bonds. The van der Waals surface area contributed by atoms with Crippen LogP contribution in [0.2, 0.25) is 0 Å². The highest BCUT2D eigenvalue weighted by atomic mass is 32.2. The van der Waals surface area contributed by atoms with E-state index in [4.69, 9.17) is 20.9 Å². The molecule has 0 heterocycles. The third-order valence-corrected chi connectivity index (χ3v) is 11.8. The van der Waals surface area contributed by atoms with E-state index in [1.807, 2.05) is 60.7 Å². The summed E-state index contributed by atoms with van der Waals surface area (Å²) in [7, 11) is -8.74. The summed E-state index contributed by atoms with van der Waals surface area (Å²) in [6.07, 6.45) is 0.349. The van der Waals surface area contributed by atoms with E-state index in [0.717, 1.165) is 22.3 Å². The fraction of sp³-hybridized carbons (Fsp3) is 0.0732. The molecular weight excluding hydrogens is 741 g/mol. The topological polar surface area (TPSA) is 179 Å². The first-order chi connectivity index (χ1) is 26.4. The highest BCUT2D eigenvalue weighted by Gasteiger charge is 2.31. The molecule has 0 spiro atoms. The minimum absolute atomic E-state index is 0.0362. The lowest BCUT2D eigenvalue weighted by molar-refractivity contribution is 0.256. The summed E-state index contributed by atoms with van der Waals surface area (Å²) in [5, 5.41) is 0. The average Bonchev–Trinajstić information content (AvgIpc) is 3.18. The van der Waals surface area contributed by atoms with Crippen molar-refractivity contribution in [1.29, 1.82) is 0 Å². The third kappa shape index (κ3) is 9.12. The smallest absolute Gasteiger partial charge is 0.333 e. The monoisotopic (exact) mass is 776 g/mol. The maximum atomic E-state index is 13.5. The Kier molecular flexibility index (Phi) is 11.5. The average molecular weight is 777 g/mol. The van der Waals surface area contributed by atoms with E-state index < -0.39 is 32.1 Å². The molecule has 0 aliphatic heterocycles. The number of hydrogen-bond donors (Lipinski definition) is 2. The van der Waals surface area contributed by atoms with Crippen LogP contribution in [0.25, 0.3) is 0 Å². The van der Waals surface area contributed by atoms with E-state index in [2.05, 4.69) is 0 Å². The van der Waals surface area contributed by atoms with Gasteiger partial charge in [-0.25, -0.2) is 26.4 Å². The maximum Gasteiger partial charge on any atom is 0.333 e. The zero-order valence-electron chi connectivity index (χ0n) is 29.3. The van der Waals surface area contributed by atoms with Crippen molar-refractivity contribution in [2.24, 2.45) is 11.5 Å². The Morgan fingerprint density at radius 3 is 1.07 bits per heavy atom. The Morgan fingerprint density at radius 1 is 0.436 bits per heavy atom. The summed E-state index contributed by atoms with van der Waals surface area (Å²) < 4.78 is 66.6. The van der Waals surface area contributed by atoms with Crippen LogP contribution >= 0.6 is 0 Å². The second kappa shape index (κ2) is 16.6. The number of benzene rings is 6. The summed E-state index contributed by atoms with van der Waals surface area (Å²) in [4.78, 5) is 24.6. The van der Waals surface area contributed by atoms with Crippen LogP contribution in [0.15, 0.2) is 168 Å². The Morgan fingerprint density at radius 2 is 0.764 bits per heavy atom. The number of carbonyl (C=O) groups is 2. The van der Waals surface area contributed by atoms with Crippen molar-refractivity contribution in [3.8, 4) is 11.5 Å². The Balaban J connectivity index is 1.11. The summed E-state index contributed by atoms with van der Waals surface area (Å²) in [5.41, 5.74) is 14.6. The summed E-state index contributed by atoms with van der Waals surface area (Å²) in [6.45, 7) is 0.596. The molecule has 0 fully saturated rings. The highest BCUT2D eigenvalue weighted by Crippen LogP contribution is 2.29. The number of nitrogens with zero attached hydrogens (tertiary/aromatic N) is 2. The van der Waals surface area contributed by atoms with Crippen molar-refractivity contribution in [3.05, 3.63) is 180 Å². The van der Waals surface area contributed by atoms with Crippen LogP contribution in [0.1, 0.15) is 22.3 Å². The number of hydrogen-bond acceptors (Lipinski definition) is 8. The van der Waals surface area contributed by atoms with Gasteiger partial charge < -0.3 is 20.9 Å². The van der Waals surface area contributed by atoms with E-state index in [9.17, 15) is 26.4 Å². The zero-order valence-corrected chi connectivity index (χ0v) is 30.9. The van der Waals surface area contributed by atoms with Gasteiger partial charge in [0.15, 0.2) is 0 Å². The standard InChI is InChI=1S/C41H36N4O8S2/c42-40(46)44(54(48,49)38-23-19-36(20-24-38)52-28-32-7-3-1-4-8-32)34-15-11-30(12-16-34)27-31-13-17-35(18-14-31)45(41(43)47)55(50,51)39-25-21-37(22-26-39)53-29-33-9-5-2-6-10-33/h1-26H,27-29H2,(H2,42,46)(H2,43,47). The van der Waals surface area contributed by atoms with Crippen LogP contribution in [0, 0.1) is 0 Å². The molecule has 0 saturated carbocycles. The quantitative estimate of drug-likeness (QED) is 0.119. The van der Waals surface area contributed by atoms with Gasteiger partial charge in [-0.1, -0.05) is 84.9 Å². The molecule has 0 radical (unpaired) electrons. The number of urea groups is 2. The number of nitrogens with two attached hydrogens (primary N) is 2. The predicted molar refractivity (Wildman–Crippen MR) is 209 cm³/mol. The minimum Gasteiger partial charge on any atom is -0.489 e. The highest BCUT2D eigenvalue weighted by molar-refractivity contribution is 7.94. The molecule has 0 aliphatic rings. The van der Waals surface area contributed by atoms with Gasteiger partial charge in [0, 0.05) is 0 Å². The van der Waals surface area contributed by atoms with Crippen molar-refractivity contribution in [2.75, 3.05) is 8.61 Å². The van der Waals surface area contributed by atoms with Crippen LogP contribution in [-0.4, -0.2) is 28.9 Å². The predicted octanol–water partition coefficient (Wildman–Crippen LogP) is 6.98. The second-order valence-electron chi connectivity index (χ2n) is 12.2. The Bertz CT molecular complexity index is 2290. The number of primary amides is 2. The van der Waals surface area contributed by atoms with Gasteiger partial charge in [0.05, 0.1) is 21.2 Å². The normalized spacial score (nSPS) is 11.3. The van der Waals surface area contributed by atoms with Crippen LogP contribution < -0.4 is 29.6 Å². The molecule has 6 aromatic carbocycles. The van der Waals surface area contributed by atoms with Gasteiger partial charge in [-0.3, -0.25) is 0 Å². The van der Waals surface area contributed by atoms with Crippen molar-refractivity contribution in [1.82, 2.24) is 0 Å². The molecule has 55 heavy (non-hydrogen) atoms. The minimum atomic E-state index is -4.37. The molecule has 0 bridgehead atoms. The molecule has 0 atom stereocenters. The molecule has 0 saturated heterocycles. The molecule has 14 heteroatoms. The lowest BCUT2D eigenvalue weighted by atomic mass is 10.0. The molecule has 0 aromatic heterocycles. The van der Waals surface area contributed by atoms with Gasteiger partial charge in [0.2, 0.25) is 0 Å². The van der Waals surface area contributed by atoms with Gasteiger partial charge >= 0.3 is 12.1 Å². The number of carbonyl (C=O) groups excluding carboxylic acids is 2. The van der Waals surface area contributed by atoms with Crippen molar-refractivity contribution in [2.45, 2.75) is 29.4 Å². The first kappa shape index (κ1) is 38.1. The summed E-state index contributed by atoms with van der Waals surface area (Å²) in [5.74, 6) is 0.899. The largest absolute Gasteiger partial charge is 0.489 e. The molecule has 12 nitrogen and oxygen atoms in total. The lowest BCUT2D eigenvalue weighted by Crippen LogP contribution is -2.40. The van der Waals surface area contributed by atoms with Gasteiger partial charge in [-0.05, 0) is 101 Å². The van der Waals surface area contributed by atoms with E-state index in [-0.39, 0.29) is 21.2 Å². The first-order valence-electron chi connectivity index (χ1n) is 16.8. The second-order valence-corrected chi connectivity index (χ2v) is 15.8. The van der Waals surface area contributed by atoms with Crippen molar-refractivity contribution in [3.63, 3.8) is 0 Å². The molecule has 0 unspecified atom stereocenters. The van der Waals surface area contributed by atoms with Crippen LogP contribution in [0.5, 0.6) is 11.5 Å². The van der Waals surface area contributed by atoms with E-state index >= 15 is 0 Å². The molecular formula is C41H36N4O8S2. The molecule has 0 aliphatic carbocycles. The SMILES string of the molecule is NC(=O)N(c1ccc(Cc2ccc(N(C(N)=O)S(=O)(=O)c3ccc(OCc4ccccc4)cc3)cc2)cc1)S(=O)(=O)c1ccc(OCc2ccccc2)cc1. The number of rotatable bonds is 14. The van der Waals surface area contributed by atoms with E-state index in [1.54, 1.807) is 24.3 Å². The fourth-order valence-electron chi connectivity index (χ4n) is 5.61. The number of amides is 4. The van der Waals surface area contributed by atoms with Gasteiger partial charge in [-0.15, -0.1) is 0 Å². The first-order valence-corrected chi connectivity index (χ1v) is 19.7. The Labute approximate surface area is 319 Å². The maximum absolute atomic E-state index is 13.5. The van der Waals surface area contributed by atoms with Crippen LogP contribution in [0.3, 0.4) is 0 Å². The van der Waals surface area contributed by atoms with Gasteiger partial charge in [0.25, 0.3) is 20.0 Å². The number of anilines is 2. The number of sulfonamides is 2.